The van der Waals surface area contributed by atoms with Gasteiger partial charge in [0.1, 0.15) is 5.75 Å². The number of thioether (sulfide) groups is 1. The number of ketones is 1. The van der Waals surface area contributed by atoms with Gasteiger partial charge >= 0.3 is 0 Å². The van der Waals surface area contributed by atoms with Gasteiger partial charge in [-0.3, -0.25) is 9.36 Å². The van der Waals surface area contributed by atoms with Gasteiger partial charge in [-0.05, 0) is 31.2 Å². The molecule has 0 spiro atoms. The lowest BCUT2D eigenvalue weighted by Crippen LogP contribution is -2.14. The minimum absolute atomic E-state index is 0.0575. The standard InChI is InChI=1S/C24H21N3O2S/c1-17(22(28)18-11-5-3-6-12-18)30-24-26-25-23(20-15-9-10-16-21(20)29-2)27(24)19-13-7-4-8-14-19/h3-17H,1-2H3. The third-order valence-electron chi connectivity index (χ3n) is 4.71. The Kier molecular flexibility index (Phi) is 5.95. The first-order valence-corrected chi connectivity index (χ1v) is 10.5. The van der Waals surface area contributed by atoms with E-state index < -0.39 is 0 Å². The zero-order valence-electron chi connectivity index (χ0n) is 16.7. The van der Waals surface area contributed by atoms with Crippen molar-refractivity contribution in [1.82, 2.24) is 14.8 Å². The van der Waals surface area contributed by atoms with E-state index in [0.717, 1.165) is 11.3 Å². The van der Waals surface area contributed by atoms with Gasteiger partial charge in [0.2, 0.25) is 0 Å². The summed E-state index contributed by atoms with van der Waals surface area (Å²) in [5, 5.41) is 9.22. The Morgan fingerprint density at radius 3 is 2.23 bits per heavy atom. The van der Waals surface area contributed by atoms with E-state index in [2.05, 4.69) is 10.2 Å². The summed E-state index contributed by atoms with van der Waals surface area (Å²) < 4.78 is 7.50. The molecule has 0 aliphatic rings. The fraction of sp³-hybridized carbons (Fsp3) is 0.125. The molecule has 30 heavy (non-hydrogen) atoms. The van der Waals surface area contributed by atoms with Crippen molar-refractivity contribution >= 4 is 17.5 Å². The highest BCUT2D eigenvalue weighted by atomic mass is 32.2. The van der Waals surface area contributed by atoms with Crippen LogP contribution < -0.4 is 4.74 Å². The van der Waals surface area contributed by atoms with E-state index >= 15 is 0 Å². The van der Waals surface area contributed by atoms with Gasteiger partial charge in [-0.2, -0.15) is 0 Å². The highest BCUT2D eigenvalue weighted by molar-refractivity contribution is 8.00. The Hall–Kier alpha value is -3.38. The van der Waals surface area contributed by atoms with E-state index in [-0.39, 0.29) is 11.0 Å². The minimum Gasteiger partial charge on any atom is -0.496 e. The summed E-state index contributed by atoms with van der Waals surface area (Å²) in [5.41, 5.74) is 2.45. The molecule has 0 aliphatic carbocycles. The van der Waals surface area contributed by atoms with Gasteiger partial charge in [-0.15, -0.1) is 10.2 Å². The van der Waals surface area contributed by atoms with Gasteiger partial charge in [0.05, 0.1) is 17.9 Å². The van der Waals surface area contributed by atoms with E-state index in [1.807, 2.05) is 96.4 Å². The van der Waals surface area contributed by atoms with Gasteiger partial charge in [-0.25, -0.2) is 0 Å². The number of nitrogens with zero attached hydrogens (tertiary/aromatic N) is 3. The first kappa shape index (κ1) is 19.9. The van der Waals surface area contributed by atoms with Gasteiger partial charge in [-0.1, -0.05) is 72.4 Å². The molecule has 0 radical (unpaired) electrons. The predicted octanol–water partition coefficient (Wildman–Crippen LogP) is 5.31. The molecule has 5 nitrogen and oxygen atoms in total. The third kappa shape index (κ3) is 4.00. The van der Waals surface area contributed by atoms with E-state index in [0.29, 0.717) is 22.3 Å². The number of Topliss-reactive ketones (excluding diaryl/α,β-unsaturated/α-hetero) is 1. The van der Waals surface area contributed by atoms with E-state index in [1.165, 1.54) is 11.8 Å². The summed E-state index contributed by atoms with van der Waals surface area (Å²) in [7, 11) is 1.64. The molecule has 0 saturated carbocycles. The van der Waals surface area contributed by atoms with Crippen LogP contribution in [0.25, 0.3) is 17.1 Å². The van der Waals surface area contributed by atoms with Crippen LogP contribution in [-0.2, 0) is 0 Å². The fourth-order valence-electron chi connectivity index (χ4n) is 3.21. The molecule has 0 N–H and O–H groups in total. The summed E-state index contributed by atoms with van der Waals surface area (Å²) in [6.07, 6.45) is 0. The first-order chi connectivity index (χ1) is 14.7. The number of rotatable bonds is 7. The maximum atomic E-state index is 12.9. The van der Waals surface area contributed by atoms with Crippen molar-refractivity contribution in [3.05, 3.63) is 90.5 Å². The van der Waals surface area contributed by atoms with Gasteiger partial charge in [0, 0.05) is 11.3 Å². The summed E-state index contributed by atoms with van der Waals surface area (Å²) in [5.74, 6) is 1.44. The molecule has 1 heterocycles. The Bertz CT molecular complexity index is 1140. The van der Waals surface area contributed by atoms with Gasteiger partial charge < -0.3 is 4.74 Å². The number of hydrogen-bond donors (Lipinski definition) is 0. The van der Waals surface area contributed by atoms with Crippen LogP contribution >= 0.6 is 11.8 Å². The molecular weight excluding hydrogens is 394 g/mol. The maximum absolute atomic E-state index is 12.9. The van der Waals surface area contributed by atoms with Gasteiger partial charge in [0.15, 0.2) is 16.8 Å². The monoisotopic (exact) mass is 415 g/mol. The van der Waals surface area contributed by atoms with Crippen molar-refractivity contribution in [2.75, 3.05) is 7.11 Å². The fourth-order valence-corrected chi connectivity index (χ4v) is 4.15. The second kappa shape index (κ2) is 8.97. The summed E-state index contributed by atoms with van der Waals surface area (Å²) in [6, 6.07) is 26.9. The second-order valence-electron chi connectivity index (χ2n) is 6.67. The summed E-state index contributed by atoms with van der Waals surface area (Å²) in [4.78, 5) is 12.9. The lowest BCUT2D eigenvalue weighted by molar-refractivity contribution is 0.0994. The molecule has 0 aliphatic heterocycles. The molecule has 0 bridgehead atoms. The Labute approximate surface area is 179 Å². The molecule has 150 valence electrons. The molecule has 1 atom stereocenters. The van der Waals surface area contributed by atoms with Crippen LogP contribution in [0.3, 0.4) is 0 Å². The third-order valence-corrected chi connectivity index (χ3v) is 5.75. The van der Waals surface area contributed by atoms with E-state index in [4.69, 9.17) is 4.74 Å². The molecule has 4 aromatic rings. The second-order valence-corrected chi connectivity index (χ2v) is 7.98. The van der Waals surface area contributed by atoms with Crippen LogP contribution in [0.5, 0.6) is 5.75 Å². The average Bonchev–Trinajstić information content (AvgIpc) is 3.22. The molecule has 1 aromatic heterocycles. The molecule has 1 unspecified atom stereocenters. The van der Waals surface area contributed by atoms with Crippen molar-refractivity contribution in [3.63, 3.8) is 0 Å². The smallest absolute Gasteiger partial charge is 0.196 e. The maximum Gasteiger partial charge on any atom is 0.196 e. The molecule has 0 amide bonds. The number of carbonyl (C=O) groups excluding carboxylic acids is 1. The predicted molar refractivity (Wildman–Crippen MR) is 119 cm³/mol. The molecule has 6 heteroatoms. The van der Waals surface area contributed by atoms with Crippen molar-refractivity contribution in [2.24, 2.45) is 0 Å². The number of para-hydroxylation sites is 2. The van der Waals surface area contributed by atoms with E-state index in [9.17, 15) is 4.79 Å². The van der Waals surface area contributed by atoms with Crippen LogP contribution in [-0.4, -0.2) is 32.9 Å². The van der Waals surface area contributed by atoms with Crippen LogP contribution in [0.2, 0.25) is 0 Å². The van der Waals surface area contributed by atoms with Crippen LogP contribution in [0.15, 0.2) is 90.1 Å². The number of carbonyl (C=O) groups is 1. The number of methoxy groups -OCH3 is 1. The van der Waals surface area contributed by atoms with E-state index in [1.54, 1.807) is 7.11 Å². The first-order valence-electron chi connectivity index (χ1n) is 9.59. The molecule has 3 aromatic carbocycles. The van der Waals surface area contributed by atoms with Crippen molar-refractivity contribution in [3.8, 4) is 22.8 Å². The van der Waals surface area contributed by atoms with Crippen molar-refractivity contribution in [1.29, 1.82) is 0 Å². The number of ether oxygens (including phenoxy) is 1. The summed E-state index contributed by atoms with van der Waals surface area (Å²) in [6.45, 7) is 1.90. The lowest BCUT2D eigenvalue weighted by atomic mass is 10.1. The van der Waals surface area contributed by atoms with Crippen molar-refractivity contribution in [2.45, 2.75) is 17.3 Å². The molecular formula is C24H21N3O2S. The topological polar surface area (TPSA) is 57.0 Å². The largest absolute Gasteiger partial charge is 0.496 e. The average molecular weight is 416 g/mol. The van der Waals surface area contributed by atoms with Crippen LogP contribution in [0.1, 0.15) is 17.3 Å². The number of hydrogen-bond acceptors (Lipinski definition) is 5. The Balaban J connectivity index is 1.76. The quantitative estimate of drug-likeness (QED) is 0.303. The van der Waals surface area contributed by atoms with Gasteiger partial charge in [0.25, 0.3) is 0 Å². The minimum atomic E-state index is -0.315. The Morgan fingerprint density at radius 1 is 0.900 bits per heavy atom. The SMILES string of the molecule is COc1ccccc1-c1nnc(SC(C)C(=O)c2ccccc2)n1-c1ccccc1. The van der Waals surface area contributed by atoms with Crippen molar-refractivity contribution < 1.29 is 9.53 Å². The molecule has 0 fully saturated rings. The zero-order chi connectivity index (χ0) is 20.9. The number of benzene rings is 3. The number of aromatic nitrogens is 3. The summed E-state index contributed by atoms with van der Waals surface area (Å²) >= 11 is 1.40. The highest BCUT2D eigenvalue weighted by Crippen LogP contribution is 2.34. The highest BCUT2D eigenvalue weighted by Gasteiger charge is 2.23. The lowest BCUT2D eigenvalue weighted by Gasteiger charge is -2.14. The molecule has 0 saturated heterocycles. The van der Waals surface area contributed by atoms with Crippen LogP contribution in [0, 0.1) is 0 Å². The molecule has 4 rings (SSSR count). The zero-order valence-corrected chi connectivity index (χ0v) is 17.5. The normalized spacial score (nSPS) is 11.8. The Morgan fingerprint density at radius 2 is 1.53 bits per heavy atom. The van der Waals surface area contributed by atoms with Crippen LogP contribution in [0.4, 0.5) is 0 Å².